The summed E-state index contributed by atoms with van der Waals surface area (Å²) in [6.07, 6.45) is 12.5. The van der Waals surface area contributed by atoms with E-state index in [0.717, 1.165) is 6.29 Å². The Morgan fingerprint density at radius 3 is 1.95 bits per heavy atom. The van der Waals surface area contributed by atoms with Crippen molar-refractivity contribution in [3.05, 3.63) is 18.2 Å². The fourth-order valence-corrected chi connectivity index (χ4v) is 18.7. The third-order valence-electron chi connectivity index (χ3n) is 4.27. The molecule has 0 atom stereocenters. The standard InChI is InChI=1S/C4H4N2O.3C4H9.Sn/c7-3-4-5-1-2-6-4;3*1-3-4-2;/h1-3H,(H,5,6,7);3*1,3-4H2,2H3;/q;;;;+1/p-1. The van der Waals surface area contributed by atoms with Crippen LogP contribution in [0.3, 0.4) is 0 Å². The van der Waals surface area contributed by atoms with Gasteiger partial charge in [-0.2, -0.15) is 0 Å². The average molecular weight is 385 g/mol. The van der Waals surface area contributed by atoms with E-state index in [1.165, 1.54) is 51.8 Å². The molecule has 3 nitrogen and oxygen atoms in total. The molecule has 1 aromatic rings. The number of aromatic nitrogens is 2. The van der Waals surface area contributed by atoms with Crippen molar-refractivity contribution in [1.29, 1.82) is 0 Å². The van der Waals surface area contributed by atoms with Gasteiger partial charge < -0.3 is 0 Å². The fourth-order valence-electron chi connectivity index (χ4n) is 3.06. The van der Waals surface area contributed by atoms with Gasteiger partial charge in [-0.05, 0) is 0 Å². The van der Waals surface area contributed by atoms with Crippen LogP contribution < -0.4 is 0 Å². The summed E-state index contributed by atoms with van der Waals surface area (Å²) >= 11 is -2.50. The normalized spacial score (nSPS) is 11.8. The first-order valence-corrected chi connectivity index (χ1v) is 15.6. The third kappa shape index (κ3) is 4.61. The minimum absolute atomic E-state index is 0.684. The molecule has 0 saturated heterocycles. The first kappa shape index (κ1) is 17.7. The molecule has 114 valence electrons. The predicted molar refractivity (Wildman–Crippen MR) is 87.9 cm³/mol. The molecule has 20 heavy (non-hydrogen) atoms. The van der Waals surface area contributed by atoms with E-state index >= 15 is 0 Å². The van der Waals surface area contributed by atoms with E-state index < -0.39 is 18.7 Å². The first-order valence-electron chi connectivity index (χ1n) is 8.23. The number of aldehydes is 1. The molecule has 0 spiro atoms. The molecule has 0 saturated carbocycles. The molecule has 1 aromatic heterocycles. The Balaban J connectivity index is 3.07. The quantitative estimate of drug-likeness (QED) is 0.402. The number of carbonyl (C=O) groups excluding carboxylic acids is 1. The van der Waals surface area contributed by atoms with Crippen molar-refractivity contribution in [2.24, 2.45) is 0 Å². The van der Waals surface area contributed by atoms with Gasteiger partial charge in [0.1, 0.15) is 0 Å². The van der Waals surface area contributed by atoms with Crippen molar-refractivity contribution < 1.29 is 4.79 Å². The molecular formula is C16H30N2OSn. The fraction of sp³-hybridized carbons (Fsp3) is 0.750. The molecule has 0 N–H and O–H groups in total. The van der Waals surface area contributed by atoms with Crippen LogP contribution in [0.15, 0.2) is 12.4 Å². The van der Waals surface area contributed by atoms with Crippen LogP contribution in [0.25, 0.3) is 0 Å². The van der Waals surface area contributed by atoms with Crippen LogP contribution in [0.5, 0.6) is 0 Å². The molecule has 4 heteroatoms. The van der Waals surface area contributed by atoms with Crippen LogP contribution >= 0.6 is 0 Å². The minimum atomic E-state index is -2.50. The second kappa shape index (κ2) is 9.59. The molecule has 0 aliphatic carbocycles. The summed E-state index contributed by atoms with van der Waals surface area (Å²) in [4.78, 5) is 15.6. The summed E-state index contributed by atoms with van der Waals surface area (Å²) in [5.74, 6) is 0.684. The van der Waals surface area contributed by atoms with Gasteiger partial charge in [-0.1, -0.05) is 0 Å². The molecule has 1 rings (SSSR count). The van der Waals surface area contributed by atoms with E-state index in [0.29, 0.717) is 5.82 Å². The summed E-state index contributed by atoms with van der Waals surface area (Å²) in [6.45, 7) is 6.81. The molecule has 0 bridgehead atoms. The van der Waals surface area contributed by atoms with E-state index in [9.17, 15) is 4.79 Å². The maximum absolute atomic E-state index is 11.3. The van der Waals surface area contributed by atoms with Crippen LogP contribution in [0, 0.1) is 0 Å². The van der Waals surface area contributed by atoms with Gasteiger partial charge in [-0.25, -0.2) is 0 Å². The van der Waals surface area contributed by atoms with Gasteiger partial charge in [0.2, 0.25) is 0 Å². The van der Waals surface area contributed by atoms with Crippen molar-refractivity contribution in [3.63, 3.8) is 0 Å². The third-order valence-corrected chi connectivity index (χ3v) is 19.3. The van der Waals surface area contributed by atoms with E-state index in [1.807, 2.05) is 6.20 Å². The molecule has 0 amide bonds. The first-order chi connectivity index (χ1) is 9.74. The molecule has 0 aromatic carbocycles. The number of hydrogen-bond acceptors (Lipinski definition) is 2. The molecule has 0 aliphatic heterocycles. The number of carbonyl (C=O) groups is 1. The number of hydrogen-bond donors (Lipinski definition) is 0. The Hall–Kier alpha value is -0.321. The zero-order valence-electron chi connectivity index (χ0n) is 13.4. The molecule has 1 heterocycles. The van der Waals surface area contributed by atoms with Crippen LogP contribution in [0.1, 0.15) is 69.9 Å². The monoisotopic (exact) mass is 386 g/mol. The van der Waals surface area contributed by atoms with Gasteiger partial charge in [-0.3, -0.25) is 0 Å². The topological polar surface area (TPSA) is 34.9 Å². The second-order valence-corrected chi connectivity index (χ2v) is 18.5. The van der Waals surface area contributed by atoms with Crippen molar-refractivity contribution in [2.45, 2.75) is 72.6 Å². The van der Waals surface area contributed by atoms with E-state index in [1.54, 1.807) is 0 Å². The van der Waals surface area contributed by atoms with E-state index in [-0.39, 0.29) is 0 Å². The molecule has 0 unspecified atom stereocenters. The summed E-state index contributed by atoms with van der Waals surface area (Å²) in [7, 11) is 0. The van der Waals surface area contributed by atoms with Crippen LogP contribution in [0.2, 0.25) is 13.3 Å². The van der Waals surface area contributed by atoms with Crippen molar-refractivity contribution in [3.8, 4) is 0 Å². The number of nitrogens with zero attached hydrogens (tertiary/aromatic N) is 2. The number of unbranched alkanes of at least 4 members (excludes halogenated alkanes) is 3. The van der Waals surface area contributed by atoms with Crippen molar-refractivity contribution in [2.75, 3.05) is 0 Å². The summed E-state index contributed by atoms with van der Waals surface area (Å²) in [5, 5.41) is 0. The molecule has 0 aliphatic rings. The Bertz CT molecular complexity index is 368. The second-order valence-electron chi connectivity index (χ2n) is 5.81. The predicted octanol–water partition coefficient (Wildman–Crippen LogP) is 4.89. The Labute approximate surface area is 128 Å². The van der Waals surface area contributed by atoms with Gasteiger partial charge in [0.25, 0.3) is 0 Å². The Kier molecular flexibility index (Phi) is 8.50. The molecule has 0 radical (unpaired) electrons. The number of rotatable bonds is 11. The van der Waals surface area contributed by atoms with E-state index in [4.69, 9.17) is 0 Å². The van der Waals surface area contributed by atoms with Gasteiger partial charge in [0.15, 0.2) is 0 Å². The SMILES string of the molecule is CCC[CH2][Sn]([CH2]CCC)([CH2]CCC)[n]1ccnc1C=O. The van der Waals surface area contributed by atoms with Gasteiger partial charge in [0, 0.05) is 0 Å². The zero-order chi connectivity index (χ0) is 14.8. The van der Waals surface area contributed by atoms with Gasteiger partial charge in [-0.15, -0.1) is 0 Å². The Morgan fingerprint density at radius 1 is 1.05 bits per heavy atom. The van der Waals surface area contributed by atoms with Crippen LogP contribution in [-0.2, 0) is 0 Å². The van der Waals surface area contributed by atoms with Crippen LogP contribution in [-0.4, -0.2) is 32.7 Å². The number of imidazole rings is 1. The summed E-state index contributed by atoms with van der Waals surface area (Å²) in [5.41, 5.74) is 0. The van der Waals surface area contributed by atoms with E-state index in [2.05, 4.69) is 34.7 Å². The molecule has 0 fully saturated rings. The van der Waals surface area contributed by atoms with Gasteiger partial charge in [0.05, 0.1) is 0 Å². The molecular weight excluding hydrogens is 355 g/mol. The van der Waals surface area contributed by atoms with Crippen molar-refractivity contribution in [1.82, 2.24) is 7.77 Å². The zero-order valence-corrected chi connectivity index (χ0v) is 16.3. The van der Waals surface area contributed by atoms with Gasteiger partial charge >= 0.3 is 128 Å². The maximum atomic E-state index is 11.3. The van der Waals surface area contributed by atoms with Crippen LogP contribution in [0.4, 0.5) is 0 Å². The van der Waals surface area contributed by atoms with Crippen molar-refractivity contribution >= 4 is 24.9 Å². The average Bonchev–Trinajstić information content (AvgIpc) is 2.96. The summed E-state index contributed by atoms with van der Waals surface area (Å²) < 4.78 is 6.47. The summed E-state index contributed by atoms with van der Waals surface area (Å²) in [6, 6.07) is 0. The Morgan fingerprint density at radius 2 is 1.55 bits per heavy atom.